The van der Waals surface area contributed by atoms with Crippen molar-refractivity contribution in [3.63, 3.8) is 0 Å². The van der Waals surface area contributed by atoms with Crippen molar-refractivity contribution in [1.82, 2.24) is 0 Å². The summed E-state index contributed by atoms with van der Waals surface area (Å²) in [6.45, 7) is 3.97. The lowest BCUT2D eigenvalue weighted by molar-refractivity contribution is 0.105. The number of carbonyl (C=O) groups is 1. The minimum Gasteiger partial charge on any atom is -0.279 e. The van der Waals surface area contributed by atoms with Crippen molar-refractivity contribution >= 4 is 23.0 Å². The van der Waals surface area contributed by atoms with Crippen LogP contribution in [0.4, 0.5) is 0 Å². The second-order valence-corrected chi connectivity index (χ2v) is 4.72. The highest BCUT2D eigenvalue weighted by Crippen LogP contribution is 2.14. The monoisotopic (exact) mass is 280 g/mol. The molecular formula is C18H13ClO. The first-order chi connectivity index (χ1) is 9.66. The molecule has 98 valence electrons. The molecule has 2 rings (SSSR count). The van der Waals surface area contributed by atoms with Crippen molar-refractivity contribution in [3.8, 4) is 11.8 Å². The fraction of sp³-hybridized carbons (Fsp3) is 0.0556. The summed E-state index contributed by atoms with van der Waals surface area (Å²) < 4.78 is 0. The topological polar surface area (TPSA) is 17.1 Å². The lowest BCUT2D eigenvalue weighted by atomic mass is 10.0. The molecule has 0 fully saturated rings. The standard InChI is InChI=1S/C18H13ClO/c1-14(15-8-3-2-4-9-15)7-5-12-18(20)16-10-6-11-17(19)13-16/h2-4,6,8-11,13H,1,7H2. The summed E-state index contributed by atoms with van der Waals surface area (Å²) >= 11 is 5.84. The lowest BCUT2D eigenvalue weighted by Gasteiger charge is -2.00. The molecule has 1 nitrogen and oxygen atoms in total. The third-order valence-electron chi connectivity index (χ3n) is 2.77. The largest absolute Gasteiger partial charge is 0.279 e. The number of rotatable bonds is 3. The predicted molar refractivity (Wildman–Crippen MR) is 83.7 cm³/mol. The van der Waals surface area contributed by atoms with Gasteiger partial charge in [-0.25, -0.2) is 0 Å². The highest BCUT2D eigenvalue weighted by Gasteiger charge is 2.02. The highest BCUT2D eigenvalue weighted by atomic mass is 35.5. The van der Waals surface area contributed by atoms with E-state index in [9.17, 15) is 4.79 Å². The minimum atomic E-state index is -0.228. The van der Waals surface area contributed by atoms with Crippen LogP contribution in [0.15, 0.2) is 61.2 Å². The summed E-state index contributed by atoms with van der Waals surface area (Å²) in [7, 11) is 0. The number of hydrogen-bond acceptors (Lipinski definition) is 1. The molecule has 2 aromatic carbocycles. The minimum absolute atomic E-state index is 0.228. The fourth-order valence-corrected chi connectivity index (χ4v) is 1.90. The number of Topliss-reactive ketones (excluding diaryl/α,β-unsaturated/α-hetero) is 1. The molecule has 0 heterocycles. The van der Waals surface area contributed by atoms with E-state index >= 15 is 0 Å². The summed E-state index contributed by atoms with van der Waals surface area (Å²) in [5.41, 5.74) is 2.45. The van der Waals surface area contributed by atoms with Gasteiger partial charge in [0.05, 0.1) is 0 Å². The van der Waals surface area contributed by atoms with Gasteiger partial charge < -0.3 is 0 Å². The average Bonchev–Trinajstić information content (AvgIpc) is 2.48. The first kappa shape index (κ1) is 14.1. The maximum atomic E-state index is 11.9. The second-order valence-electron chi connectivity index (χ2n) is 4.29. The van der Waals surface area contributed by atoms with Gasteiger partial charge in [-0.3, -0.25) is 4.79 Å². The third kappa shape index (κ3) is 3.85. The van der Waals surface area contributed by atoms with E-state index in [0.717, 1.165) is 11.1 Å². The summed E-state index contributed by atoms with van der Waals surface area (Å²) in [4.78, 5) is 11.9. The van der Waals surface area contributed by atoms with Crippen LogP contribution < -0.4 is 0 Å². The Labute approximate surface area is 123 Å². The molecule has 0 saturated heterocycles. The van der Waals surface area contributed by atoms with Gasteiger partial charge in [-0.15, -0.1) is 0 Å². The van der Waals surface area contributed by atoms with E-state index in [4.69, 9.17) is 11.6 Å². The van der Waals surface area contributed by atoms with Crippen molar-refractivity contribution in [3.05, 3.63) is 77.3 Å². The Morgan fingerprint density at radius 3 is 2.45 bits per heavy atom. The van der Waals surface area contributed by atoms with Crippen molar-refractivity contribution in [2.75, 3.05) is 0 Å². The quantitative estimate of drug-likeness (QED) is 0.455. The molecule has 20 heavy (non-hydrogen) atoms. The van der Waals surface area contributed by atoms with Crippen LogP contribution in [0.5, 0.6) is 0 Å². The lowest BCUT2D eigenvalue weighted by Crippen LogP contribution is -1.94. The van der Waals surface area contributed by atoms with E-state index in [0.29, 0.717) is 17.0 Å². The van der Waals surface area contributed by atoms with Crippen LogP contribution in [0.3, 0.4) is 0 Å². The van der Waals surface area contributed by atoms with Crippen LogP contribution in [0.2, 0.25) is 5.02 Å². The SMILES string of the molecule is C=C(CC#CC(=O)c1cccc(Cl)c1)c1ccccc1. The van der Waals surface area contributed by atoms with E-state index in [1.54, 1.807) is 24.3 Å². The van der Waals surface area contributed by atoms with Crippen molar-refractivity contribution in [1.29, 1.82) is 0 Å². The number of ketones is 1. The molecule has 0 saturated carbocycles. The van der Waals surface area contributed by atoms with Gasteiger partial charge in [0.2, 0.25) is 5.78 Å². The second kappa shape index (κ2) is 6.75. The first-order valence-corrected chi connectivity index (χ1v) is 6.56. The maximum absolute atomic E-state index is 11.9. The number of halogens is 1. The number of carbonyl (C=O) groups excluding carboxylic acids is 1. The molecule has 0 atom stereocenters. The van der Waals surface area contributed by atoms with Crippen LogP contribution >= 0.6 is 11.6 Å². The van der Waals surface area contributed by atoms with E-state index in [1.165, 1.54) is 0 Å². The zero-order chi connectivity index (χ0) is 14.4. The molecule has 0 bridgehead atoms. The fourth-order valence-electron chi connectivity index (χ4n) is 1.71. The van der Waals surface area contributed by atoms with Crippen LogP contribution in [-0.2, 0) is 0 Å². The Morgan fingerprint density at radius 2 is 1.75 bits per heavy atom. The zero-order valence-electron chi connectivity index (χ0n) is 10.9. The Hall–Kier alpha value is -2.30. The molecule has 0 aliphatic carbocycles. The van der Waals surface area contributed by atoms with Gasteiger partial charge >= 0.3 is 0 Å². The molecule has 2 aromatic rings. The average molecular weight is 281 g/mol. The van der Waals surface area contributed by atoms with Crippen molar-refractivity contribution in [2.45, 2.75) is 6.42 Å². The molecular weight excluding hydrogens is 268 g/mol. The van der Waals surface area contributed by atoms with Gasteiger partial charge in [-0.05, 0) is 29.2 Å². The smallest absolute Gasteiger partial charge is 0.235 e. The maximum Gasteiger partial charge on any atom is 0.235 e. The summed E-state index contributed by atoms with van der Waals surface area (Å²) in [5, 5.41) is 0.534. The summed E-state index contributed by atoms with van der Waals surface area (Å²) in [5.74, 6) is 5.25. The zero-order valence-corrected chi connectivity index (χ0v) is 11.7. The molecule has 0 aromatic heterocycles. The molecule has 0 radical (unpaired) electrons. The number of benzene rings is 2. The van der Waals surface area contributed by atoms with Crippen LogP contribution in [0.25, 0.3) is 5.57 Å². The number of hydrogen-bond donors (Lipinski definition) is 0. The molecule has 2 heteroatoms. The van der Waals surface area contributed by atoms with Crippen LogP contribution in [-0.4, -0.2) is 5.78 Å². The first-order valence-electron chi connectivity index (χ1n) is 6.19. The Kier molecular flexibility index (Phi) is 4.76. The Bertz CT molecular complexity index is 690. The Balaban J connectivity index is 2.02. The van der Waals surface area contributed by atoms with Gasteiger partial charge in [0.15, 0.2) is 0 Å². The normalized spacial score (nSPS) is 9.45. The molecule has 0 N–H and O–H groups in total. The van der Waals surface area contributed by atoms with Crippen molar-refractivity contribution < 1.29 is 4.79 Å². The van der Waals surface area contributed by atoms with Crippen LogP contribution in [0.1, 0.15) is 22.3 Å². The van der Waals surface area contributed by atoms with Gasteiger partial charge in [-0.2, -0.15) is 0 Å². The van der Waals surface area contributed by atoms with Gasteiger partial charge in [0.25, 0.3) is 0 Å². The number of allylic oxidation sites excluding steroid dienone is 1. The van der Waals surface area contributed by atoms with Crippen molar-refractivity contribution in [2.24, 2.45) is 0 Å². The van der Waals surface area contributed by atoms with Gasteiger partial charge in [0, 0.05) is 17.0 Å². The predicted octanol–water partition coefficient (Wildman–Crippen LogP) is 4.63. The molecule has 0 spiro atoms. The summed E-state index contributed by atoms with van der Waals surface area (Å²) in [6.07, 6.45) is 0.469. The van der Waals surface area contributed by atoms with E-state index in [-0.39, 0.29) is 5.78 Å². The van der Waals surface area contributed by atoms with Crippen LogP contribution in [0, 0.1) is 11.8 Å². The Morgan fingerprint density at radius 1 is 1.05 bits per heavy atom. The molecule has 0 amide bonds. The summed E-state index contributed by atoms with van der Waals surface area (Å²) in [6, 6.07) is 16.6. The molecule has 0 aliphatic rings. The highest BCUT2D eigenvalue weighted by molar-refractivity contribution is 6.31. The third-order valence-corrected chi connectivity index (χ3v) is 3.01. The van der Waals surface area contributed by atoms with E-state index in [2.05, 4.69) is 18.4 Å². The van der Waals surface area contributed by atoms with Gasteiger partial charge in [0.1, 0.15) is 0 Å². The molecule has 0 aliphatic heterocycles. The van der Waals surface area contributed by atoms with E-state index < -0.39 is 0 Å². The molecule has 0 unspecified atom stereocenters. The van der Waals surface area contributed by atoms with E-state index in [1.807, 2.05) is 30.3 Å². The van der Waals surface area contributed by atoms with Gasteiger partial charge in [-0.1, -0.05) is 66.6 Å².